The molecule has 0 bridgehead atoms. The first-order chi connectivity index (χ1) is 8.29. The number of benzene rings is 1. The van der Waals surface area contributed by atoms with Gasteiger partial charge in [0.05, 0.1) is 11.1 Å². The monoisotopic (exact) mass is 263 g/mol. The van der Waals surface area contributed by atoms with Gasteiger partial charge in [-0.05, 0) is 0 Å². The van der Waals surface area contributed by atoms with Crippen LogP contribution in [0.3, 0.4) is 0 Å². The van der Waals surface area contributed by atoms with Gasteiger partial charge in [0, 0.05) is 0 Å². The van der Waals surface area contributed by atoms with Gasteiger partial charge in [0.25, 0.3) is 0 Å². The van der Waals surface area contributed by atoms with Crippen LogP contribution in [0.4, 0.5) is 22.0 Å². The number of halogens is 5. The zero-order valence-corrected chi connectivity index (χ0v) is 8.28. The number of rotatable bonds is 0. The summed E-state index contributed by atoms with van der Waals surface area (Å²) >= 11 is 0. The number of hydrogen-bond acceptors (Lipinski definition) is 3. The zero-order chi connectivity index (χ0) is 13.8. The average Bonchev–Trinajstić information content (AvgIpc) is 2.35. The van der Waals surface area contributed by atoms with Gasteiger partial charge in [-0.3, -0.25) is 9.59 Å². The van der Waals surface area contributed by atoms with Crippen molar-refractivity contribution in [3.8, 4) is 0 Å². The molecule has 1 aromatic rings. The normalized spacial score (nSPS) is 15.2. The van der Waals surface area contributed by atoms with Crippen LogP contribution in [0.1, 0.15) is 20.7 Å². The summed E-state index contributed by atoms with van der Waals surface area (Å²) in [4.78, 5) is 22.6. The van der Waals surface area contributed by atoms with Crippen molar-refractivity contribution < 1.29 is 31.5 Å². The fraction of sp³-hybridized carbons (Fsp3) is 0. The van der Waals surface area contributed by atoms with E-state index >= 15 is 0 Å². The number of carbonyl (C=O) groups is 2. The Morgan fingerprint density at radius 1 is 0.667 bits per heavy atom. The average molecular weight is 263 g/mol. The van der Waals surface area contributed by atoms with Gasteiger partial charge in [-0.1, -0.05) is 0 Å². The van der Waals surface area contributed by atoms with Crippen LogP contribution < -0.4 is 5.73 Å². The Kier molecular flexibility index (Phi) is 2.46. The van der Waals surface area contributed by atoms with E-state index in [0.717, 1.165) is 0 Å². The van der Waals surface area contributed by atoms with Gasteiger partial charge < -0.3 is 5.73 Å². The summed E-state index contributed by atoms with van der Waals surface area (Å²) in [6, 6.07) is 0. The van der Waals surface area contributed by atoms with Crippen LogP contribution in [-0.4, -0.2) is 11.6 Å². The lowest BCUT2D eigenvalue weighted by Crippen LogP contribution is -2.28. The van der Waals surface area contributed by atoms with Crippen LogP contribution in [0.5, 0.6) is 0 Å². The van der Waals surface area contributed by atoms with Gasteiger partial charge in [-0.15, -0.1) is 0 Å². The van der Waals surface area contributed by atoms with Crippen molar-refractivity contribution in [2.75, 3.05) is 0 Å². The van der Waals surface area contributed by atoms with Crippen LogP contribution in [0.15, 0.2) is 11.5 Å². The fourth-order valence-corrected chi connectivity index (χ4v) is 1.52. The first-order valence-corrected chi connectivity index (χ1v) is 4.39. The summed E-state index contributed by atoms with van der Waals surface area (Å²) in [6.45, 7) is 0. The highest BCUT2D eigenvalue weighted by Gasteiger charge is 2.40. The molecule has 18 heavy (non-hydrogen) atoms. The van der Waals surface area contributed by atoms with E-state index in [4.69, 9.17) is 5.73 Å². The van der Waals surface area contributed by atoms with Gasteiger partial charge in [-0.25, -0.2) is 22.0 Å². The maximum absolute atomic E-state index is 13.3. The largest absolute Gasteiger partial charge is 0.393 e. The minimum Gasteiger partial charge on any atom is -0.393 e. The molecule has 8 heteroatoms. The van der Waals surface area contributed by atoms with Crippen molar-refractivity contribution >= 4 is 11.6 Å². The van der Waals surface area contributed by atoms with Gasteiger partial charge in [0.15, 0.2) is 29.1 Å². The van der Waals surface area contributed by atoms with Crippen molar-refractivity contribution in [3.63, 3.8) is 0 Å². The Bertz CT molecular complexity index is 595. The van der Waals surface area contributed by atoms with Crippen LogP contribution in [0.2, 0.25) is 0 Å². The van der Waals surface area contributed by atoms with E-state index < -0.39 is 57.5 Å². The smallest absolute Gasteiger partial charge is 0.227 e. The van der Waals surface area contributed by atoms with E-state index in [1.165, 1.54) is 0 Å². The van der Waals surface area contributed by atoms with Gasteiger partial charge >= 0.3 is 0 Å². The maximum Gasteiger partial charge on any atom is 0.227 e. The number of allylic oxidation sites excluding steroid dienone is 2. The second-order valence-electron chi connectivity index (χ2n) is 3.39. The molecule has 1 aliphatic rings. The van der Waals surface area contributed by atoms with Crippen LogP contribution >= 0.6 is 0 Å². The third kappa shape index (κ3) is 1.28. The third-order valence-corrected chi connectivity index (χ3v) is 2.40. The molecule has 0 amide bonds. The molecular formula is C10H2F5NO2. The van der Waals surface area contributed by atoms with Gasteiger partial charge in [0.1, 0.15) is 5.70 Å². The predicted molar refractivity (Wildman–Crippen MR) is 47.3 cm³/mol. The lowest BCUT2D eigenvalue weighted by Gasteiger charge is -2.16. The Balaban J connectivity index is 2.96. The molecule has 2 rings (SSSR count). The molecule has 0 aliphatic heterocycles. The Morgan fingerprint density at radius 2 is 1.06 bits per heavy atom. The SMILES string of the molecule is NC1=C(F)C(=O)c2c(F)c(F)c(F)c(F)c2C1=O. The third-order valence-electron chi connectivity index (χ3n) is 2.40. The molecule has 3 nitrogen and oxygen atoms in total. The van der Waals surface area contributed by atoms with E-state index in [-0.39, 0.29) is 0 Å². The summed E-state index contributed by atoms with van der Waals surface area (Å²) in [6.07, 6.45) is 0. The molecule has 0 heterocycles. The predicted octanol–water partition coefficient (Wildman–Crippen LogP) is 1.76. The number of nitrogens with two attached hydrogens (primary N) is 1. The highest BCUT2D eigenvalue weighted by Crippen LogP contribution is 2.31. The highest BCUT2D eigenvalue weighted by molar-refractivity contribution is 6.25. The van der Waals surface area contributed by atoms with E-state index in [9.17, 15) is 31.5 Å². The maximum atomic E-state index is 13.3. The molecule has 2 N–H and O–H groups in total. The number of hydrogen-bond donors (Lipinski definition) is 1. The minimum absolute atomic E-state index is 1.28. The quantitative estimate of drug-likeness (QED) is 0.441. The molecule has 94 valence electrons. The lowest BCUT2D eigenvalue weighted by molar-refractivity contribution is 0.0942. The first-order valence-electron chi connectivity index (χ1n) is 4.39. The molecular weight excluding hydrogens is 261 g/mol. The molecule has 1 aromatic carbocycles. The summed E-state index contributed by atoms with van der Waals surface area (Å²) in [7, 11) is 0. The van der Waals surface area contributed by atoms with E-state index in [1.54, 1.807) is 0 Å². The van der Waals surface area contributed by atoms with Crippen molar-refractivity contribution in [2.24, 2.45) is 5.73 Å². The molecule has 0 saturated carbocycles. The number of fused-ring (bicyclic) bond motifs is 1. The number of Topliss-reactive ketones (excluding diaryl/α,β-unsaturated/α-hetero) is 2. The number of ketones is 2. The van der Waals surface area contributed by atoms with Crippen molar-refractivity contribution in [2.45, 2.75) is 0 Å². The molecule has 0 radical (unpaired) electrons. The van der Waals surface area contributed by atoms with Crippen LogP contribution in [-0.2, 0) is 0 Å². The Morgan fingerprint density at radius 3 is 1.50 bits per heavy atom. The Hall–Kier alpha value is -2.25. The fourth-order valence-electron chi connectivity index (χ4n) is 1.52. The van der Waals surface area contributed by atoms with Crippen molar-refractivity contribution in [1.82, 2.24) is 0 Å². The molecule has 0 atom stereocenters. The summed E-state index contributed by atoms with van der Waals surface area (Å²) < 4.78 is 65.5. The molecule has 0 spiro atoms. The second-order valence-corrected chi connectivity index (χ2v) is 3.39. The van der Waals surface area contributed by atoms with E-state index in [0.29, 0.717) is 0 Å². The number of carbonyl (C=O) groups excluding carboxylic acids is 2. The standard InChI is InChI=1S/C10H2F5NO2/c11-3-1-2(4(12)6(14)5(3)13)10(18)8(16)7(15)9(1)17/h16H2. The Labute approximate surface area is 95.7 Å². The van der Waals surface area contributed by atoms with Crippen molar-refractivity contribution in [1.29, 1.82) is 0 Å². The summed E-state index contributed by atoms with van der Waals surface area (Å²) in [5.41, 5.74) is 0.678. The molecule has 0 aromatic heterocycles. The summed E-state index contributed by atoms with van der Waals surface area (Å²) in [5.74, 6) is -14.1. The lowest BCUT2D eigenvalue weighted by atomic mass is 9.90. The second kappa shape index (κ2) is 3.62. The van der Waals surface area contributed by atoms with Crippen LogP contribution in [0.25, 0.3) is 0 Å². The molecule has 0 fully saturated rings. The van der Waals surface area contributed by atoms with E-state index in [1.807, 2.05) is 0 Å². The highest BCUT2D eigenvalue weighted by atomic mass is 19.2. The van der Waals surface area contributed by atoms with Crippen LogP contribution in [0, 0.1) is 23.3 Å². The minimum atomic E-state index is -2.30. The molecule has 1 aliphatic carbocycles. The van der Waals surface area contributed by atoms with Gasteiger partial charge in [-0.2, -0.15) is 0 Å². The molecule has 0 unspecified atom stereocenters. The molecule has 0 saturated heterocycles. The summed E-state index contributed by atoms with van der Waals surface area (Å²) in [5, 5.41) is 0. The zero-order valence-electron chi connectivity index (χ0n) is 8.28. The van der Waals surface area contributed by atoms with E-state index in [2.05, 4.69) is 0 Å². The van der Waals surface area contributed by atoms with Gasteiger partial charge in [0.2, 0.25) is 11.6 Å². The van der Waals surface area contributed by atoms with Crippen molar-refractivity contribution in [3.05, 3.63) is 45.9 Å². The topological polar surface area (TPSA) is 60.2 Å². The first kappa shape index (κ1) is 12.2.